The molecule has 1 saturated heterocycles. The lowest BCUT2D eigenvalue weighted by atomic mass is 10.1. The van der Waals surface area contributed by atoms with Crippen LogP contribution in [0.2, 0.25) is 0 Å². The summed E-state index contributed by atoms with van der Waals surface area (Å²) in [7, 11) is 0. The zero-order valence-corrected chi connectivity index (χ0v) is 13.5. The van der Waals surface area contributed by atoms with E-state index in [1.807, 2.05) is 36.0 Å². The highest BCUT2D eigenvalue weighted by molar-refractivity contribution is 9.10. The molecule has 1 aliphatic heterocycles. The second-order valence-corrected chi connectivity index (χ2v) is 6.98. The lowest BCUT2D eigenvalue weighted by molar-refractivity contribution is 0.0975. The zero-order valence-electron chi connectivity index (χ0n) is 11.1. The van der Waals surface area contributed by atoms with Crippen LogP contribution in [0.1, 0.15) is 29.6 Å². The summed E-state index contributed by atoms with van der Waals surface area (Å²) >= 11 is 5.43. The van der Waals surface area contributed by atoms with Gasteiger partial charge in [0, 0.05) is 28.8 Å². The number of hydrogen-bond donors (Lipinski definition) is 0. The summed E-state index contributed by atoms with van der Waals surface area (Å²) in [6.45, 7) is 3.43. The fourth-order valence-electron chi connectivity index (χ4n) is 2.26. The third-order valence-corrected chi connectivity index (χ3v) is 4.94. The number of rotatable bonds is 5. The monoisotopic (exact) mass is 341 g/mol. The number of hydrogen-bond acceptors (Lipinski definition) is 3. The van der Waals surface area contributed by atoms with E-state index in [-0.39, 0.29) is 5.78 Å². The second kappa shape index (κ2) is 8.08. The van der Waals surface area contributed by atoms with Crippen LogP contribution >= 0.6 is 27.7 Å². The predicted octanol–water partition coefficient (Wildman–Crippen LogP) is 3.85. The molecular weight excluding hydrogens is 322 g/mol. The highest BCUT2D eigenvalue weighted by Crippen LogP contribution is 2.14. The molecule has 0 N–H and O–H groups in total. The fourth-order valence-corrected chi connectivity index (χ4v) is 3.45. The van der Waals surface area contributed by atoms with Gasteiger partial charge in [0.2, 0.25) is 0 Å². The number of ketones is 1. The summed E-state index contributed by atoms with van der Waals surface area (Å²) in [5.74, 6) is 2.78. The third kappa shape index (κ3) is 5.28. The first-order chi connectivity index (χ1) is 9.25. The van der Waals surface area contributed by atoms with Crippen LogP contribution in [0.3, 0.4) is 0 Å². The molecule has 1 aromatic carbocycles. The molecule has 1 fully saturated rings. The number of halogens is 1. The molecule has 0 radical (unpaired) electrons. The molecule has 1 aromatic rings. The third-order valence-electron chi connectivity index (χ3n) is 3.36. The van der Waals surface area contributed by atoms with Gasteiger partial charge in [-0.1, -0.05) is 28.1 Å². The van der Waals surface area contributed by atoms with E-state index >= 15 is 0 Å². The van der Waals surface area contributed by atoms with E-state index in [2.05, 4.69) is 20.8 Å². The van der Waals surface area contributed by atoms with Crippen molar-refractivity contribution in [3.8, 4) is 0 Å². The van der Waals surface area contributed by atoms with Gasteiger partial charge in [-0.15, -0.1) is 0 Å². The lowest BCUT2D eigenvalue weighted by Gasteiger charge is -2.18. The second-order valence-electron chi connectivity index (χ2n) is 4.84. The number of thioether (sulfide) groups is 1. The van der Waals surface area contributed by atoms with E-state index in [1.165, 1.54) is 31.0 Å². The molecular formula is C15H20BrNOS. The van der Waals surface area contributed by atoms with Crippen LogP contribution in [0.15, 0.2) is 28.7 Å². The van der Waals surface area contributed by atoms with E-state index < -0.39 is 0 Å². The van der Waals surface area contributed by atoms with Crippen molar-refractivity contribution in [3.63, 3.8) is 0 Å². The lowest BCUT2D eigenvalue weighted by Crippen LogP contribution is -2.27. The molecule has 1 aliphatic rings. The Balaban J connectivity index is 1.72. The number of carbonyl (C=O) groups is 1. The Morgan fingerprint density at radius 2 is 2.00 bits per heavy atom. The SMILES string of the molecule is O=C(CCCN1CCCSCC1)c1ccc(Br)cc1. The first kappa shape index (κ1) is 15.1. The van der Waals surface area contributed by atoms with Crippen LogP contribution in [0, 0.1) is 0 Å². The Labute approximate surface area is 128 Å². The van der Waals surface area contributed by atoms with E-state index in [1.54, 1.807) is 0 Å². The fraction of sp³-hybridized carbons (Fsp3) is 0.533. The maximum Gasteiger partial charge on any atom is 0.162 e. The van der Waals surface area contributed by atoms with Crippen LogP contribution in [0.5, 0.6) is 0 Å². The molecule has 4 heteroatoms. The molecule has 2 rings (SSSR count). The van der Waals surface area contributed by atoms with Gasteiger partial charge in [0.1, 0.15) is 0 Å². The highest BCUT2D eigenvalue weighted by Gasteiger charge is 2.10. The largest absolute Gasteiger partial charge is 0.302 e. The number of Topliss-reactive ketones (excluding diaryl/α,β-unsaturated/α-hetero) is 1. The maximum atomic E-state index is 12.0. The molecule has 2 nitrogen and oxygen atoms in total. The molecule has 0 bridgehead atoms. The van der Waals surface area contributed by atoms with Gasteiger partial charge in [0.25, 0.3) is 0 Å². The molecule has 104 valence electrons. The van der Waals surface area contributed by atoms with Crippen LogP contribution < -0.4 is 0 Å². The van der Waals surface area contributed by atoms with Crippen LogP contribution in [0.25, 0.3) is 0 Å². The predicted molar refractivity (Wildman–Crippen MR) is 86.1 cm³/mol. The van der Waals surface area contributed by atoms with Crippen molar-refractivity contribution in [1.29, 1.82) is 0 Å². The van der Waals surface area contributed by atoms with Gasteiger partial charge in [0.15, 0.2) is 5.78 Å². The van der Waals surface area contributed by atoms with E-state index in [0.717, 1.165) is 23.0 Å². The van der Waals surface area contributed by atoms with Gasteiger partial charge in [-0.3, -0.25) is 4.79 Å². The minimum absolute atomic E-state index is 0.261. The minimum Gasteiger partial charge on any atom is -0.302 e. The van der Waals surface area contributed by atoms with Gasteiger partial charge in [0.05, 0.1) is 0 Å². The summed E-state index contributed by atoms with van der Waals surface area (Å²) in [4.78, 5) is 14.5. The zero-order chi connectivity index (χ0) is 13.5. The number of nitrogens with zero attached hydrogens (tertiary/aromatic N) is 1. The quantitative estimate of drug-likeness (QED) is 0.758. The number of carbonyl (C=O) groups excluding carboxylic acids is 1. The standard InChI is InChI=1S/C15H20BrNOS/c16-14-6-4-13(5-7-14)15(18)3-1-8-17-9-2-11-19-12-10-17/h4-7H,1-3,8-12H2. The Hall–Kier alpha value is -0.320. The molecule has 0 aliphatic carbocycles. The average Bonchev–Trinajstić information content (AvgIpc) is 2.68. The first-order valence-electron chi connectivity index (χ1n) is 6.84. The van der Waals surface area contributed by atoms with Crippen LogP contribution in [0.4, 0.5) is 0 Å². The van der Waals surface area contributed by atoms with Gasteiger partial charge in [-0.2, -0.15) is 11.8 Å². The normalized spacial score (nSPS) is 17.1. The van der Waals surface area contributed by atoms with Crippen molar-refractivity contribution in [1.82, 2.24) is 4.90 Å². The molecule has 0 aromatic heterocycles. The van der Waals surface area contributed by atoms with Crippen molar-refractivity contribution in [2.24, 2.45) is 0 Å². The molecule has 0 atom stereocenters. The van der Waals surface area contributed by atoms with E-state index in [0.29, 0.717) is 6.42 Å². The average molecular weight is 342 g/mol. The Morgan fingerprint density at radius 3 is 2.79 bits per heavy atom. The number of benzene rings is 1. The van der Waals surface area contributed by atoms with Crippen molar-refractivity contribution < 1.29 is 4.79 Å². The summed E-state index contributed by atoms with van der Waals surface area (Å²) in [5, 5.41) is 0. The summed E-state index contributed by atoms with van der Waals surface area (Å²) in [5.41, 5.74) is 0.828. The van der Waals surface area contributed by atoms with Crippen molar-refractivity contribution in [2.75, 3.05) is 31.1 Å². The molecule has 0 amide bonds. The molecule has 0 unspecified atom stereocenters. The molecule has 19 heavy (non-hydrogen) atoms. The Morgan fingerprint density at radius 1 is 1.21 bits per heavy atom. The van der Waals surface area contributed by atoms with Crippen LogP contribution in [-0.2, 0) is 0 Å². The van der Waals surface area contributed by atoms with Gasteiger partial charge < -0.3 is 4.90 Å². The maximum absolute atomic E-state index is 12.0. The molecule has 1 heterocycles. The summed E-state index contributed by atoms with van der Waals surface area (Å²) in [6.07, 6.45) is 2.91. The topological polar surface area (TPSA) is 20.3 Å². The van der Waals surface area contributed by atoms with E-state index in [9.17, 15) is 4.79 Å². The van der Waals surface area contributed by atoms with Gasteiger partial charge in [-0.25, -0.2) is 0 Å². The smallest absolute Gasteiger partial charge is 0.162 e. The van der Waals surface area contributed by atoms with Crippen molar-refractivity contribution in [3.05, 3.63) is 34.3 Å². The Bertz CT molecular complexity index is 399. The summed E-state index contributed by atoms with van der Waals surface area (Å²) in [6, 6.07) is 7.66. The van der Waals surface area contributed by atoms with Gasteiger partial charge >= 0.3 is 0 Å². The Kier molecular flexibility index (Phi) is 6.41. The van der Waals surface area contributed by atoms with Crippen LogP contribution in [-0.4, -0.2) is 41.8 Å². The molecule has 0 spiro atoms. The first-order valence-corrected chi connectivity index (χ1v) is 8.79. The van der Waals surface area contributed by atoms with Crippen molar-refractivity contribution >= 4 is 33.5 Å². The van der Waals surface area contributed by atoms with E-state index in [4.69, 9.17) is 0 Å². The van der Waals surface area contributed by atoms with Gasteiger partial charge in [-0.05, 0) is 43.8 Å². The summed E-state index contributed by atoms with van der Waals surface area (Å²) < 4.78 is 1.02. The van der Waals surface area contributed by atoms with Crippen molar-refractivity contribution in [2.45, 2.75) is 19.3 Å². The highest BCUT2D eigenvalue weighted by atomic mass is 79.9. The minimum atomic E-state index is 0.261. The molecule has 0 saturated carbocycles.